The van der Waals surface area contributed by atoms with E-state index in [1.54, 1.807) is 0 Å². The second kappa shape index (κ2) is 5.52. The van der Waals surface area contributed by atoms with E-state index in [4.69, 9.17) is 5.73 Å². The van der Waals surface area contributed by atoms with Gasteiger partial charge < -0.3 is 10.1 Å². The molecule has 1 aliphatic carbocycles. The molecule has 0 aromatic carbocycles. The number of aromatic nitrogens is 2. The van der Waals surface area contributed by atoms with Crippen LogP contribution in [0.5, 0.6) is 0 Å². The fraction of sp³-hybridized carbons (Fsp3) is 0.312. The number of fused-ring (bicyclic) bond motifs is 1. The van der Waals surface area contributed by atoms with E-state index < -0.39 is 0 Å². The third-order valence-electron chi connectivity index (χ3n) is 3.88. The number of imidazole rings is 1. The van der Waals surface area contributed by atoms with E-state index in [1.165, 1.54) is 24.4 Å². The van der Waals surface area contributed by atoms with Crippen LogP contribution in [0.3, 0.4) is 0 Å². The molecule has 2 aromatic rings. The standard InChI is InChI=1S/C16H18N4O/c1-11-4-15(11)13-2-3-16-19-14(9-20(16)8-13)7-18-6-12(5-17)10-21/h2-3,5-6,8-11,15H,4,7,17H2,1H3/b12-5+,18-6?. The zero-order valence-electron chi connectivity index (χ0n) is 11.9. The molecule has 108 valence electrons. The number of aldehydes is 1. The molecule has 21 heavy (non-hydrogen) atoms. The van der Waals surface area contributed by atoms with Crippen molar-refractivity contribution in [2.75, 3.05) is 0 Å². The summed E-state index contributed by atoms with van der Waals surface area (Å²) < 4.78 is 2.05. The van der Waals surface area contributed by atoms with Gasteiger partial charge in [-0.25, -0.2) is 4.98 Å². The number of hydrogen-bond donors (Lipinski definition) is 1. The zero-order chi connectivity index (χ0) is 14.8. The van der Waals surface area contributed by atoms with E-state index in [1.807, 2.05) is 16.7 Å². The average Bonchev–Trinajstić information content (AvgIpc) is 3.08. The Morgan fingerprint density at radius 1 is 1.52 bits per heavy atom. The van der Waals surface area contributed by atoms with E-state index >= 15 is 0 Å². The van der Waals surface area contributed by atoms with Crippen LogP contribution in [0.2, 0.25) is 0 Å². The maximum atomic E-state index is 10.6. The van der Waals surface area contributed by atoms with Crippen LogP contribution in [0.15, 0.2) is 41.3 Å². The first-order valence-electron chi connectivity index (χ1n) is 7.05. The monoisotopic (exact) mass is 282 g/mol. The molecule has 0 aliphatic heterocycles. The maximum absolute atomic E-state index is 10.6. The molecule has 5 nitrogen and oxygen atoms in total. The first-order valence-corrected chi connectivity index (χ1v) is 7.05. The summed E-state index contributed by atoms with van der Waals surface area (Å²) in [5.74, 6) is 1.49. The van der Waals surface area contributed by atoms with Gasteiger partial charge in [0.25, 0.3) is 0 Å². The highest BCUT2D eigenvalue weighted by atomic mass is 16.1. The Balaban J connectivity index is 1.76. The molecule has 1 fully saturated rings. The molecule has 0 bridgehead atoms. The lowest BCUT2D eigenvalue weighted by Gasteiger charge is -1.99. The third kappa shape index (κ3) is 2.86. The molecule has 2 atom stereocenters. The Bertz CT molecular complexity index is 729. The third-order valence-corrected chi connectivity index (χ3v) is 3.88. The summed E-state index contributed by atoms with van der Waals surface area (Å²) in [6.45, 7) is 2.71. The predicted octanol–water partition coefficient (Wildman–Crippen LogP) is 2.07. The molecule has 1 aliphatic rings. The van der Waals surface area contributed by atoms with Crippen LogP contribution < -0.4 is 5.73 Å². The summed E-state index contributed by atoms with van der Waals surface area (Å²) in [6.07, 6.45) is 8.79. The second-order valence-electron chi connectivity index (χ2n) is 5.53. The van der Waals surface area contributed by atoms with Crippen molar-refractivity contribution >= 4 is 18.1 Å². The van der Waals surface area contributed by atoms with Gasteiger partial charge in [-0.05, 0) is 29.9 Å². The van der Waals surface area contributed by atoms with Crippen molar-refractivity contribution in [3.63, 3.8) is 0 Å². The van der Waals surface area contributed by atoms with Crippen LogP contribution in [0.4, 0.5) is 0 Å². The van der Waals surface area contributed by atoms with Crippen molar-refractivity contribution in [2.24, 2.45) is 16.6 Å². The molecule has 2 heterocycles. The van der Waals surface area contributed by atoms with Crippen LogP contribution in [0, 0.1) is 5.92 Å². The molecule has 0 saturated heterocycles. The first-order chi connectivity index (χ1) is 10.2. The summed E-state index contributed by atoms with van der Waals surface area (Å²) >= 11 is 0. The summed E-state index contributed by atoms with van der Waals surface area (Å²) in [4.78, 5) is 19.3. The Labute approximate surface area is 123 Å². The van der Waals surface area contributed by atoms with Gasteiger partial charge in [0.15, 0.2) is 6.29 Å². The molecule has 2 N–H and O–H groups in total. The Morgan fingerprint density at radius 2 is 2.33 bits per heavy atom. The second-order valence-corrected chi connectivity index (χ2v) is 5.53. The number of carbonyl (C=O) groups is 1. The van der Waals surface area contributed by atoms with E-state index in [9.17, 15) is 4.79 Å². The first kappa shape index (κ1) is 13.5. The number of hydrogen-bond acceptors (Lipinski definition) is 4. The van der Waals surface area contributed by atoms with Crippen molar-refractivity contribution in [2.45, 2.75) is 25.8 Å². The fourth-order valence-electron chi connectivity index (χ4n) is 2.50. The molecular weight excluding hydrogens is 264 g/mol. The summed E-state index contributed by atoms with van der Waals surface area (Å²) in [6, 6.07) is 4.20. The minimum absolute atomic E-state index is 0.365. The van der Waals surface area contributed by atoms with E-state index in [-0.39, 0.29) is 0 Å². The quantitative estimate of drug-likeness (QED) is 0.518. The fourth-order valence-corrected chi connectivity index (χ4v) is 2.50. The molecule has 0 spiro atoms. The van der Waals surface area contributed by atoms with Crippen LogP contribution in [0.25, 0.3) is 5.65 Å². The smallest absolute Gasteiger partial charge is 0.153 e. The number of allylic oxidation sites excluding steroid dienone is 1. The molecule has 5 heteroatoms. The Hall–Kier alpha value is -2.43. The van der Waals surface area contributed by atoms with E-state index in [2.05, 4.69) is 29.2 Å². The van der Waals surface area contributed by atoms with Crippen molar-refractivity contribution in [1.29, 1.82) is 0 Å². The van der Waals surface area contributed by atoms with Gasteiger partial charge in [0.2, 0.25) is 0 Å². The topological polar surface area (TPSA) is 72.8 Å². The SMILES string of the molecule is CC1CC1c1ccc2nc(CN=C/C(C=O)=C\N)cn2c1. The minimum Gasteiger partial charge on any atom is -0.404 e. The molecule has 2 unspecified atom stereocenters. The van der Waals surface area contributed by atoms with Gasteiger partial charge in [-0.2, -0.15) is 0 Å². The maximum Gasteiger partial charge on any atom is 0.153 e. The van der Waals surface area contributed by atoms with Crippen LogP contribution in [-0.2, 0) is 11.3 Å². The Kier molecular flexibility index (Phi) is 3.56. The summed E-state index contributed by atoms with van der Waals surface area (Å²) in [5.41, 5.74) is 8.81. The van der Waals surface area contributed by atoms with Gasteiger partial charge in [-0.3, -0.25) is 9.79 Å². The van der Waals surface area contributed by atoms with Gasteiger partial charge >= 0.3 is 0 Å². The van der Waals surface area contributed by atoms with Crippen LogP contribution in [0.1, 0.15) is 30.5 Å². The van der Waals surface area contributed by atoms with Crippen LogP contribution >= 0.6 is 0 Å². The van der Waals surface area contributed by atoms with Crippen molar-refractivity contribution in [3.8, 4) is 0 Å². The van der Waals surface area contributed by atoms with Crippen molar-refractivity contribution < 1.29 is 4.79 Å². The number of pyridine rings is 1. The highest BCUT2D eigenvalue weighted by Crippen LogP contribution is 2.46. The highest BCUT2D eigenvalue weighted by molar-refractivity contribution is 6.01. The number of rotatable bonds is 5. The summed E-state index contributed by atoms with van der Waals surface area (Å²) in [5, 5.41) is 0. The lowest BCUT2D eigenvalue weighted by atomic mass is 10.1. The highest BCUT2D eigenvalue weighted by Gasteiger charge is 2.34. The normalized spacial score (nSPS) is 22.0. The number of aliphatic imine (C=N–C) groups is 1. The van der Waals surface area contributed by atoms with Crippen molar-refractivity contribution in [1.82, 2.24) is 9.38 Å². The predicted molar refractivity (Wildman–Crippen MR) is 82.2 cm³/mol. The van der Waals surface area contributed by atoms with Crippen molar-refractivity contribution in [3.05, 3.63) is 47.6 Å². The number of nitrogens with two attached hydrogens (primary N) is 1. The molecular formula is C16H18N4O. The molecule has 3 rings (SSSR count). The molecule has 2 aromatic heterocycles. The minimum atomic E-state index is 0.365. The lowest BCUT2D eigenvalue weighted by Crippen LogP contribution is -1.92. The van der Waals surface area contributed by atoms with Gasteiger partial charge in [0.05, 0.1) is 12.2 Å². The largest absolute Gasteiger partial charge is 0.404 e. The Morgan fingerprint density at radius 3 is 3.00 bits per heavy atom. The molecule has 0 amide bonds. The lowest BCUT2D eigenvalue weighted by molar-refractivity contribution is -0.104. The van der Waals surface area contributed by atoms with Gasteiger partial charge in [0, 0.05) is 30.4 Å². The van der Waals surface area contributed by atoms with E-state index in [0.717, 1.165) is 17.3 Å². The van der Waals surface area contributed by atoms with E-state index in [0.29, 0.717) is 24.3 Å². The number of nitrogens with zero attached hydrogens (tertiary/aromatic N) is 3. The average molecular weight is 282 g/mol. The molecule has 0 radical (unpaired) electrons. The zero-order valence-corrected chi connectivity index (χ0v) is 11.9. The number of carbonyl (C=O) groups excluding carboxylic acids is 1. The van der Waals surface area contributed by atoms with Crippen LogP contribution in [-0.4, -0.2) is 21.9 Å². The van der Waals surface area contributed by atoms with Gasteiger partial charge in [0.1, 0.15) is 5.65 Å². The molecule has 1 saturated carbocycles. The van der Waals surface area contributed by atoms with Gasteiger partial charge in [-0.15, -0.1) is 0 Å². The van der Waals surface area contributed by atoms with Gasteiger partial charge in [-0.1, -0.05) is 13.0 Å². The summed E-state index contributed by atoms with van der Waals surface area (Å²) in [7, 11) is 0.